The molecule has 0 aromatic carbocycles. The van der Waals surface area contributed by atoms with Crippen molar-refractivity contribution in [2.45, 2.75) is 50.2 Å². The van der Waals surface area contributed by atoms with Crippen molar-refractivity contribution in [2.75, 3.05) is 7.05 Å². The van der Waals surface area contributed by atoms with Crippen molar-refractivity contribution in [1.29, 1.82) is 0 Å². The van der Waals surface area contributed by atoms with Crippen LogP contribution in [0.15, 0.2) is 11.2 Å². The number of H-pyrrole nitrogens is 1. The third-order valence-corrected chi connectivity index (χ3v) is 5.11. The highest BCUT2D eigenvalue weighted by Gasteiger charge is 2.27. The zero-order chi connectivity index (χ0) is 13.9. The summed E-state index contributed by atoms with van der Waals surface area (Å²) in [6.07, 6.45) is 5.65. The van der Waals surface area contributed by atoms with E-state index < -0.39 is 10.0 Å². The Balaban J connectivity index is 2.11. The highest BCUT2D eigenvalue weighted by atomic mass is 32.2. The first-order valence-electron chi connectivity index (χ1n) is 6.72. The molecule has 1 aliphatic rings. The molecule has 2 atom stereocenters. The Hall–Kier alpha value is -0.920. The lowest BCUT2D eigenvalue weighted by Crippen LogP contribution is -2.38. The van der Waals surface area contributed by atoms with E-state index in [1.54, 1.807) is 13.2 Å². The van der Waals surface area contributed by atoms with Gasteiger partial charge < -0.3 is 5.32 Å². The number of nitrogens with zero attached hydrogens (tertiary/aromatic N) is 1. The maximum atomic E-state index is 12.4. The molecule has 108 valence electrons. The Bertz CT molecular complexity index is 512. The monoisotopic (exact) mass is 286 g/mol. The van der Waals surface area contributed by atoms with Crippen LogP contribution in [0.25, 0.3) is 0 Å². The van der Waals surface area contributed by atoms with E-state index in [1.165, 1.54) is 6.42 Å². The van der Waals surface area contributed by atoms with Gasteiger partial charge in [0, 0.05) is 18.2 Å². The smallest absolute Gasteiger partial charge is 0.258 e. The topological polar surface area (TPSA) is 86.9 Å². The van der Waals surface area contributed by atoms with Crippen LogP contribution in [0, 0.1) is 5.92 Å². The molecule has 1 aromatic heterocycles. The maximum Gasteiger partial charge on any atom is 0.258 e. The van der Waals surface area contributed by atoms with E-state index in [9.17, 15) is 8.42 Å². The SMILES string of the molecule is CNCc1cn[nH]c1S(=O)(=O)NC1CCCC(C)C1. The van der Waals surface area contributed by atoms with Crippen molar-refractivity contribution < 1.29 is 8.42 Å². The fraction of sp³-hybridized carbons (Fsp3) is 0.750. The molecule has 2 unspecified atom stereocenters. The van der Waals surface area contributed by atoms with Gasteiger partial charge in [0.25, 0.3) is 10.0 Å². The molecular formula is C12H22N4O2S. The van der Waals surface area contributed by atoms with Crippen LogP contribution < -0.4 is 10.0 Å². The standard InChI is InChI=1S/C12H22N4O2S/c1-9-4-3-5-11(6-9)16-19(17,18)12-10(7-13-2)8-14-15-12/h8-9,11,13,16H,3-7H2,1-2H3,(H,14,15). The number of rotatable bonds is 5. The first kappa shape index (κ1) is 14.5. The van der Waals surface area contributed by atoms with Crippen LogP contribution in [0.5, 0.6) is 0 Å². The van der Waals surface area contributed by atoms with Crippen molar-refractivity contribution in [3.8, 4) is 0 Å². The summed E-state index contributed by atoms with van der Waals surface area (Å²) >= 11 is 0. The molecule has 1 fully saturated rings. The van der Waals surface area contributed by atoms with Gasteiger partial charge in [0.1, 0.15) is 0 Å². The van der Waals surface area contributed by atoms with Crippen molar-refractivity contribution in [3.63, 3.8) is 0 Å². The van der Waals surface area contributed by atoms with E-state index >= 15 is 0 Å². The van der Waals surface area contributed by atoms with Gasteiger partial charge in [-0.3, -0.25) is 5.10 Å². The van der Waals surface area contributed by atoms with Gasteiger partial charge in [-0.15, -0.1) is 0 Å². The fourth-order valence-corrected chi connectivity index (χ4v) is 4.08. The van der Waals surface area contributed by atoms with Crippen molar-refractivity contribution in [1.82, 2.24) is 20.2 Å². The van der Waals surface area contributed by atoms with Crippen LogP contribution in [0.4, 0.5) is 0 Å². The van der Waals surface area contributed by atoms with Crippen LogP contribution in [-0.4, -0.2) is 31.7 Å². The average molecular weight is 286 g/mol. The largest absolute Gasteiger partial charge is 0.316 e. The zero-order valence-electron chi connectivity index (χ0n) is 11.4. The Morgan fingerprint density at radius 2 is 2.26 bits per heavy atom. The van der Waals surface area contributed by atoms with Crippen molar-refractivity contribution in [2.24, 2.45) is 5.92 Å². The van der Waals surface area contributed by atoms with Gasteiger partial charge in [-0.05, 0) is 25.8 Å². The molecule has 2 rings (SSSR count). The summed E-state index contributed by atoms with van der Waals surface area (Å²) in [5.41, 5.74) is 0.666. The van der Waals surface area contributed by atoms with Gasteiger partial charge >= 0.3 is 0 Å². The molecule has 6 nitrogen and oxygen atoms in total. The molecule has 1 saturated carbocycles. The summed E-state index contributed by atoms with van der Waals surface area (Å²) in [7, 11) is -1.72. The fourth-order valence-electron chi connectivity index (χ4n) is 2.67. The molecule has 1 aliphatic carbocycles. The van der Waals surface area contributed by atoms with E-state index in [0.717, 1.165) is 19.3 Å². The molecule has 0 amide bonds. The quantitative estimate of drug-likeness (QED) is 0.753. The van der Waals surface area contributed by atoms with Gasteiger partial charge in [0.15, 0.2) is 5.03 Å². The summed E-state index contributed by atoms with van der Waals surface area (Å²) in [4.78, 5) is 0. The molecule has 0 radical (unpaired) electrons. The average Bonchev–Trinajstić information content (AvgIpc) is 2.78. The second-order valence-corrected chi connectivity index (χ2v) is 7.00. The minimum atomic E-state index is -3.50. The Morgan fingerprint density at radius 1 is 1.47 bits per heavy atom. The maximum absolute atomic E-state index is 12.4. The summed E-state index contributed by atoms with van der Waals surface area (Å²) in [5, 5.41) is 9.54. The van der Waals surface area contributed by atoms with Crippen molar-refractivity contribution >= 4 is 10.0 Å². The number of aromatic nitrogens is 2. The highest BCUT2D eigenvalue weighted by molar-refractivity contribution is 7.89. The Morgan fingerprint density at radius 3 is 2.95 bits per heavy atom. The van der Waals surface area contributed by atoms with Gasteiger partial charge in [0.05, 0.1) is 6.20 Å². The first-order chi connectivity index (χ1) is 9.03. The van der Waals surface area contributed by atoms with E-state index in [1.807, 2.05) is 0 Å². The van der Waals surface area contributed by atoms with E-state index in [4.69, 9.17) is 0 Å². The van der Waals surface area contributed by atoms with Gasteiger partial charge in [-0.1, -0.05) is 19.8 Å². The van der Waals surface area contributed by atoms with Crippen LogP contribution in [0.2, 0.25) is 0 Å². The number of hydrogen-bond acceptors (Lipinski definition) is 4. The normalized spacial score (nSPS) is 24.5. The summed E-state index contributed by atoms with van der Waals surface area (Å²) in [6, 6.07) is 0.0412. The molecule has 19 heavy (non-hydrogen) atoms. The molecule has 0 saturated heterocycles. The molecule has 1 aromatic rings. The van der Waals surface area contributed by atoms with Crippen LogP contribution in [0.3, 0.4) is 0 Å². The van der Waals surface area contributed by atoms with E-state index in [2.05, 4.69) is 27.2 Å². The molecule has 1 heterocycles. The molecule has 0 aliphatic heterocycles. The minimum absolute atomic E-state index is 0.0412. The summed E-state index contributed by atoms with van der Waals surface area (Å²) < 4.78 is 27.5. The van der Waals surface area contributed by atoms with Gasteiger partial charge in [0.2, 0.25) is 0 Å². The molecular weight excluding hydrogens is 264 g/mol. The van der Waals surface area contributed by atoms with Crippen LogP contribution >= 0.6 is 0 Å². The minimum Gasteiger partial charge on any atom is -0.316 e. The first-order valence-corrected chi connectivity index (χ1v) is 8.20. The lowest BCUT2D eigenvalue weighted by molar-refractivity contribution is 0.327. The van der Waals surface area contributed by atoms with E-state index in [0.29, 0.717) is 18.0 Å². The number of hydrogen-bond donors (Lipinski definition) is 3. The predicted molar refractivity (Wildman–Crippen MR) is 73.1 cm³/mol. The van der Waals surface area contributed by atoms with Gasteiger partial charge in [-0.25, -0.2) is 13.1 Å². The van der Waals surface area contributed by atoms with Gasteiger partial charge in [-0.2, -0.15) is 5.10 Å². The number of aromatic amines is 1. The van der Waals surface area contributed by atoms with Crippen LogP contribution in [-0.2, 0) is 16.6 Å². The lowest BCUT2D eigenvalue weighted by atomic mass is 9.88. The van der Waals surface area contributed by atoms with Crippen molar-refractivity contribution in [3.05, 3.63) is 11.8 Å². The summed E-state index contributed by atoms with van der Waals surface area (Å²) in [5.74, 6) is 0.583. The highest BCUT2D eigenvalue weighted by Crippen LogP contribution is 2.25. The van der Waals surface area contributed by atoms with E-state index in [-0.39, 0.29) is 11.1 Å². The third kappa shape index (κ3) is 3.55. The second-order valence-electron chi connectivity index (χ2n) is 5.34. The molecule has 3 N–H and O–H groups in total. The summed E-state index contributed by atoms with van der Waals surface area (Å²) in [6.45, 7) is 2.65. The zero-order valence-corrected chi connectivity index (χ0v) is 12.3. The Labute approximate surface area is 114 Å². The lowest BCUT2D eigenvalue weighted by Gasteiger charge is -2.27. The third-order valence-electron chi connectivity index (χ3n) is 3.57. The Kier molecular flexibility index (Phi) is 4.59. The van der Waals surface area contributed by atoms with Crippen LogP contribution in [0.1, 0.15) is 38.2 Å². The number of sulfonamides is 1. The number of nitrogens with one attached hydrogen (secondary N) is 3. The molecule has 0 spiro atoms. The predicted octanol–water partition coefficient (Wildman–Crippen LogP) is 0.986. The molecule has 0 bridgehead atoms. The molecule has 7 heteroatoms. The second kappa shape index (κ2) is 6.02.